The molecule has 7 heteroatoms. The van der Waals surface area contributed by atoms with E-state index in [9.17, 15) is 19.5 Å². The maximum atomic E-state index is 13.7. The van der Waals surface area contributed by atoms with Crippen molar-refractivity contribution in [3.63, 3.8) is 0 Å². The Hall–Kier alpha value is -3.87. The number of fused-ring (bicyclic) bond motifs is 1. The smallest absolute Gasteiger partial charge is 0.341 e. The van der Waals surface area contributed by atoms with Crippen LogP contribution in [-0.4, -0.2) is 45.6 Å². The number of hydrogen-bond donors (Lipinski definition) is 1. The molecule has 1 N–H and O–H groups in total. The van der Waals surface area contributed by atoms with E-state index >= 15 is 0 Å². The topological polar surface area (TPSA) is 88.8 Å². The van der Waals surface area contributed by atoms with Gasteiger partial charge in [0.05, 0.1) is 12.6 Å². The van der Waals surface area contributed by atoms with E-state index in [1.165, 1.54) is 6.20 Å². The number of carboxylic acid groups (broad SMARTS) is 1. The molecule has 36 heavy (non-hydrogen) atoms. The van der Waals surface area contributed by atoms with Crippen molar-refractivity contribution in [1.82, 2.24) is 9.47 Å². The Morgan fingerprint density at radius 1 is 1.03 bits per heavy atom. The molecule has 0 fully saturated rings. The van der Waals surface area contributed by atoms with E-state index in [-0.39, 0.29) is 42.0 Å². The molecule has 0 saturated carbocycles. The summed E-state index contributed by atoms with van der Waals surface area (Å²) in [6, 6.07) is 19.4. The molecule has 1 aromatic heterocycles. The second-order valence-electron chi connectivity index (χ2n) is 9.38. The number of pyridine rings is 1. The number of benzene rings is 2. The van der Waals surface area contributed by atoms with E-state index in [2.05, 4.69) is 0 Å². The summed E-state index contributed by atoms with van der Waals surface area (Å²) in [6.45, 7) is 6.44. The highest BCUT2D eigenvalue weighted by Crippen LogP contribution is 2.40. The van der Waals surface area contributed by atoms with E-state index in [1.54, 1.807) is 9.47 Å². The third kappa shape index (κ3) is 4.78. The predicted octanol–water partition coefficient (Wildman–Crippen LogP) is 4.96. The average Bonchev–Trinajstić information content (AvgIpc) is 2.87. The van der Waals surface area contributed by atoms with Gasteiger partial charge in [0.15, 0.2) is 11.4 Å². The number of rotatable bonds is 9. The van der Waals surface area contributed by atoms with Crippen molar-refractivity contribution in [3.05, 3.63) is 99.5 Å². The first-order valence-corrected chi connectivity index (χ1v) is 12.4. The van der Waals surface area contributed by atoms with Gasteiger partial charge in [0.1, 0.15) is 5.56 Å². The van der Waals surface area contributed by atoms with E-state index in [1.807, 2.05) is 81.4 Å². The maximum Gasteiger partial charge on any atom is 0.341 e. The van der Waals surface area contributed by atoms with Crippen molar-refractivity contribution in [2.75, 3.05) is 13.2 Å². The Morgan fingerprint density at radius 3 is 2.11 bits per heavy atom. The Balaban J connectivity index is 2.01. The summed E-state index contributed by atoms with van der Waals surface area (Å²) < 4.78 is 7.54. The van der Waals surface area contributed by atoms with Crippen LogP contribution in [0.4, 0.5) is 0 Å². The van der Waals surface area contributed by atoms with Crippen LogP contribution in [0.3, 0.4) is 0 Å². The zero-order valence-electron chi connectivity index (χ0n) is 20.9. The lowest BCUT2D eigenvalue weighted by atomic mass is 9.83. The molecule has 7 nitrogen and oxygen atoms in total. The molecular weight excluding hydrogens is 456 g/mol. The van der Waals surface area contributed by atoms with Crippen LogP contribution in [0.2, 0.25) is 0 Å². The molecule has 2 aromatic carbocycles. The van der Waals surface area contributed by atoms with Crippen LogP contribution in [0.15, 0.2) is 71.7 Å². The van der Waals surface area contributed by atoms with Crippen molar-refractivity contribution in [1.29, 1.82) is 0 Å². The first-order chi connectivity index (χ1) is 17.3. The van der Waals surface area contributed by atoms with Crippen LogP contribution >= 0.6 is 0 Å². The second kappa shape index (κ2) is 10.8. The van der Waals surface area contributed by atoms with Crippen LogP contribution in [0, 0.1) is 0 Å². The van der Waals surface area contributed by atoms with Gasteiger partial charge in [0, 0.05) is 24.7 Å². The van der Waals surface area contributed by atoms with Crippen LogP contribution in [-0.2, 0) is 0 Å². The SMILES string of the molecule is CCCCOc1c2n(cc(C(=O)O)c1=O)C(C(c1ccccc1)c1ccccc1)CN(C(C)C)C2=O. The van der Waals surface area contributed by atoms with E-state index in [0.29, 0.717) is 13.0 Å². The largest absolute Gasteiger partial charge is 0.487 e. The molecule has 0 radical (unpaired) electrons. The van der Waals surface area contributed by atoms with Gasteiger partial charge in [0.2, 0.25) is 5.43 Å². The number of unbranched alkanes of at least 4 members (excludes halogenated alkanes) is 1. The van der Waals surface area contributed by atoms with Gasteiger partial charge in [-0.3, -0.25) is 9.59 Å². The van der Waals surface area contributed by atoms with Crippen molar-refractivity contribution in [2.45, 2.75) is 51.6 Å². The molecule has 2 heterocycles. The van der Waals surface area contributed by atoms with Crippen LogP contribution in [0.5, 0.6) is 5.75 Å². The first kappa shape index (κ1) is 25.2. The van der Waals surface area contributed by atoms with Crippen molar-refractivity contribution < 1.29 is 19.4 Å². The molecule has 1 amide bonds. The van der Waals surface area contributed by atoms with Gasteiger partial charge in [-0.25, -0.2) is 4.79 Å². The fraction of sp³-hybridized carbons (Fsp3) is 0.345. The van der Waals surface area contributed by atoms with Gasteiger partial charge in [-0.2, -0.15) is 0 Å². The fourth-order valence-corrected chi connectivity index (χ4v) is 4.86. The number of hydrogen-bond acceptors (Lipinski definition) is 4. The van der Waals surface area contributed by atoms with Gasteiger partial charge >= 0.3 is 5.97 Å². The minimum Gasteiger partial charge on any atom is -0.487 e. The van der Waals surface area contributed by atoms with E-state index in [4.69, 9.17) is 4.74 Å². The Bertz CT molecular complexity index is 1240. The van der Waals surface area contributed by atoms with Crippen molar-refractivity contribution in [3.8, 4) is 5.75 Å². The lowest BCUT2D eigenvalue weighted by molar-refractivity contribution is 0.0577. The fourth-order valence-electron chi connectivity index (χ4n) is 4.86. The number of carbonyl (C=O) groups excluding carboxylic acids is 1. The zero-order chi connectivity index (χ0) is 25.8. The molecule has 188 valence electrons. The molecule has 0 saturated heterocycles. The minimum atomic E-state index is -1.34. The average molecular weight is 489 g/mol. The highest BCUT2D eigenvalue weighted by Gasteiger charge is 2.41. The number of nitrogens with zero attached hydrogens (tertiary/aromatic N) is 2. The molecule has 4 rings (SSSR count). The summed E-state index contributed by atoms with van der Waals surface area (Å²) in [5, 5.41) is 9.86. The zero-order valence-corrected chi connectivity index (χ0v) is 20.9. The number of carbonyl (C=O) groups is 2. The Labute approximate surface area is 211 Å². The normalized spacial score (nSPS) is 15.3. The molecule has 1 unspecified atom stereocenters. The van der Waals surface area contributed by atoms with Gasteiger partial charge in [-0.05, 0) is 31.4 Å². The van der Waals surface area contributed by atoms with Gasteiger partial charge < -0.3 is 19.3 Å². The molecule has 1 atom stereocenters. The lowest BCUT2D eigenvalue weighted by Crippen LogP contribution is -2.49. The Kier molecular flexibility index (Phi) is 7.58. The standard InChI is InChI=1S/C29H32N2O5/c1-4-5-16-36-27-25-28(33)30(19(2)3)18-23(31(25)17-22(26(27)32)29(34)35)24(20-12-8-6-9-13-20)21-14-10-7-11-15-21/h6-15,17,19,23-24H,4-5,16,18H2,1-3H3,(H,34,35). The number of aromatic nitrogens is 1. The maximum absolute atomic E-state index is 13.7. The summed E-state index contributed by atoms with van der Waals surface area (Å²) in [5.41, 5.74) is 1.01. The van der Waals surface area contributed by atoms with E-state index < -0.39 is 17.0 Å². The van der Waals surface area contributed by atoms with Gasteiger partial charge in [-0.15, -0.1) is 0 Å². The molecule has 3 aromatic rings. The highest BCUT2D eigenvalue weighted by atomic mass is 16.5. The van der Waals surface area contributed by atoms with Crippen molar-refractivity contribution in [2.24, 2.45) is 0 Å². The first-order valence-electron chi connectivity index (χ1n) is 12.4. The number of ether oxygens (including phenoxy) is 1. The minimum absolute atomic E-state index is 0.114. The molecule has 0 bridgehead atoms. The number of amides is 1. The van der Waals surface area contributed by atoms with E-state index in [0.717, 1.165) is 17.5 Å². The van der Waals surface area contributed by atoms with Crippen LogP contribution in [0.25, 0.3) is 0 Å². The van der Waals surface area contributed by atoms with Crippen LogP contribution in [0.1, 0.15) is 77.5 Å². The predicted molar refractivity (Wildman–Crippen MR) is 138 cm³/mol. The lowest BCUT2D eigenvalue weighted by Gasteiger charge is -2.42. The number of carboxylic acids is 1. The molecule has 0 aliphatic carbocycles. The number of aromatic carboxylic acids is 1. The molecule has 1 aliphatic rings. The summed E-state index contributed by atoms with van der Waals surface area (Å²) in [7, 11) is 0. The molecular formula is C29H32N2O5. The molecule has 1 aliphatic heterocycles. The quantitative estimate of drug-likeness (QED) is 0.430. The van der Waals surface area contributed by atoms with Crippen molar-refractivity contribution >= 4 is 11.9 Å². The van der Waals surface area contributed by atoms with Crippen LogP contribution < -0.4 is 10.2 Å². The Morgan fingerprint density at radius 2 is 1.61 bits per heavy atom. The second-order valence-corrected chi connectivity index (χ2v) is 9.38. The highest BCUT2D eigenvalue weighted by molar-refractivity contribution is 5.98. The summed E-state index contributed by atoms with van der Waals surface area (Å²) >= 11 is 0. The summed E-state index contributed by atoms with van der Waals surface area (Å²) in [5.74, 6) is -2.05. The third-order valence-electron chi connectivity index (χ3n) is 6.70. The summed E-state index contributed by atoms with van der Waals surface area (Å²) in [6.07, 6.45) is 2.84. The van der Waals surface area contributed by atoms with Gasteiger partial charge in [-0.1, -0.05) is 74.0 Å². The molecule has 0 spiro atoms. The summed E-state index contributed by atoms with van der Waals surface area (Å²) in [4.78, 5) is 40.8. The monoisotopic (exact) mass is 488 g/mol. The van der Waals surface area contributed by atoms with Gasteiger partial charge in [0.25, 0.3) is 5.91 Å². The third-order valence-corrected chi connectivity index (χ3v) is 6.70.